The molecular formula is C12H14N4O. The van der Waals surface area contributed by atoms with E-state index < -0.39 is 0 Å². The SMILES string of the molecule is [N-]=[N+]=NCCNC(=O)c1ccc2c(c1)CCC2. The van der Waals surface area contributed by atoms with Crippen molar-refractivity contribution < 1.29 is 4.79 Å². The molecule has 1 amide bonds. The van der Waals surface area contributed by atoms with Crippen LogP contribution in [-0.4, -0.2) is 19.0 Å². The van der Waals surface area contributed by atoms with Crippen molar-refractivity contribution in [1.82, 2.24) is 5.32 Å². The van der Waals surface area contributed by atoms with Crippen LogP contribution in [-0.2, 0) is 12.8 Å². The van der Waals surface area contributed by atoms with Gasteiger partial charge in [0.15, 0.2) is 0 Å². The van der Waals surface area contributed by atoms with Gasteiger partial charge in [0.25, 0.3) is 5.91 Å². The molecule has 0 spiro atoms. The third-order valence-corrected chi connectivity index (χ3v) is 2.92. The molecule has 88 valence electrons. The molecule has 0 heterocycles. The second-order valence-electron chi connectivity index (χ2n) is 4.05. The molecule has 0 atom stereocenters. The third-order valence-electron chi connectivity index (χ3n) is 2.92. The highest BCUT2D eigenvalue weighted by atomic mass is 16.1. The van der Waals surface area contributed by atoms with Crippen LogP contribution in [0.4, 0.5) is 0 Å². The van der Waals surface area contributed by atoms with Crippen molar-refractivity contribution in [1.29, 1.82) is 0 Å². The van der Waals surface area contributed by atoms with Crippen LogP contribution in [0.15, 0.2) is 23.3 Å². The summed E-state index contributed by atoms with van der Waals surface area (Å²) in [7, 11) is 0. The maximum Gasteiger partial charge on any atom is 0.251 e. The van der Waals surface area contributed by atoms with Crippen LogP contribution in [0.2, 0.25) is 0 Å². The summed E-state index contributed by atoms with van der Waals surface area (Å²) in [5.74, 6) is -0.104. The van der Waals surface area contributed by atoms with E-state index in [2.05, 4.69) is 15.3 Å². The van der Waals surface area contributed by atoms with E-state index in [1.807, 2.05) is 18.2 Å². The van der Waals surface area contributed by atoms with Gasteiger partial charge in [0, 0.05) is 23.6 Å². The predicted molar refractivity (Wildman–Crippen MR) is 64.8 cm³/mol. The lowest BCUT2D eigenvalue weighted by Crippen LogP contribution is -2.25. The van der Waals surface area contributed by atoms with Gasteiger partial charge in [0.1, 0.15) is 0 Å². The van der Waals surface area contributed by atoms with E-state index >= 15 is 0 Å². The van der Waals surface area contributed by atoms with Crippen LogP contribution >= 0.6 is 0 Å². The highest BCUT2D eigenvalue weighted by Crippen LogP contribution is 2.22. The van der Waals surface area contributed by atoms with Gasteiger partial charge in [-0.2, -0.15) is 0 Å². The Hall–Kier alpha value is -2.00. The van der Waals surface area contributed by atoms with Crippen molar-refractivity contribution in [2.24, 2.45) is 5.11 Å². The van der Waals surface area contributed by atoms with Crippen molar-refractivity contribution in [2.75, 3.05) is 13.1 Å². The minimum atomic E-state index is -0.104. The Kier molecular flexibility index (Phi) is 3.62. The van der Waals surface area contributed by atoms with Crippen LogP contribution in [0.25, 0.3) is 10.4 Å². The number of nitrogens with one attached hydrogen (secondary N) is 1. The molecule has 1 aromatic rings. The first-order chi connectivity index (χ1) is 8.31. The molecule has 0 fully saturated rings. The number of carbonyl (C=O) groups is 1. The Labute approximate surface area is 99.5 Å². The molecule has 0 aromatic heterocycles. The van der Waals surface area contributed by atoms with Crippen LogP contribution in [0.3, 0.4) is 0 Å². The van der Waals surface area contributed by atoms with E-state index in [1.54, 1.807) is 0 Å². The highest BCUT2D eigenvalue weighted by Gasteiger charge is 2.13. The minimum absolute atomic E-state index is 0.104. The lowest BCUT2D eigenvalue weighted by atomic mass is 10.1. The van der Waals surface area contributed by atoms with E-state index in [0.717, 1.165) is 12.8 Å². The number of nitrogens with zero attached hydrogens (tertiary/aromatic N) is 3. The molecular weight excluding hydrogens is 216 g/mol. The normalized spacial score (nSPS) is 12.7. The monoisotopic (exact) mass is 230 g/mol. The number of fused-ring (bicyclic) bond motifs is 1. The van der Waals surface area contributed by atoms with Gasteiger partial charge in [-0.05, 0) is 48.1 Å². The number of aryl methyl sites for hydroxylation is 2. The summed E-state index contributed by atoms with van der Waals surface area (Å²) in [6, 6.07) is 5.85. The largest absolute Gasteiger partial charge is 0.352 e. The summed E-state index contributed by atoms with van der Waals surface area (Å²) in [6.45, 7) is 0.660. The summed E-state index contributed by atoms with van der Waals surface area (Å²) < 4.78 is 0. The Morgan fingerprint density at radius 1 is 1.41 bits per heavy atom. The maximum absolute atomic E-state index is 11.8. The average Bonchev–Trinajstić information content (AvgIpc) is 2.81. The molecule has 0 bridgehead atoms. The first kappa shape index (κ1) is 11.5. The molecule has 0 radical (unpaired) electrons. The average molecular weight is 230 g/mol. The fraction of sp³-hybridized carbons (Fsp3) is 0.417. The number of azide groups is 1. The maximum atomic E-state index is 11.8. The zero-order valence-electron chi connectivity index (χ0n) is 9.52. The van der Waals surface area contributed by atoms with Crippen molar-refractivity contribution in [3.05, 3.63) is 45.3 Å². The standard InChI is InChI=1S/C12H14N4O/c13-16-15-7-6-14-12(17)11-5-4-9-2-1-3-10(9)8-11/h4-5,8H,1-3,6-7H2,(H,14,17). The van der Waals surface area contributed by atoms with E-state index in [4.69, 9.17) is 5.53 Å². The van der Waals surface area contributed by atoms with Gasteiger partial charge in [-0.3, -0.25) is 4.79 Å². The first-order valence-corrected chi connectivity index (χ1v) is 5.72. The summed E-state index contributed by atoms with van der Waals surface area (Å²) in [6.07, 6.45) is 3.36. The second-order valence-corrected chi connectivity index (χ2v) is 4.05. The van der Waals surface area contributed by atoms with Crippen molar-refractivity contribution in [3.63, 3.8) is 0 Å². The lowest BCUT2D eigenvalue weighted by Gasteiger charge is -2.05. The van der Waals surface area contributed by atoms with Gasteiger partial charge in [-0.15, -0.1) is 0 Å². The first-order valence-electron chi connectivity index (χ1n) is 5.72. The van der Waals surface area contributed by atoms with Crippen LogP contribution in [0, 0.1) is 0 Å². The molecule has 0 saturated heterocycles. The van der Waals surface area contributed by atoms with Crippen LogP contribution in [0.1, 0.15) is 27.9 Å². The molecule has 0 aliphatic heterocycles. The van der Waals surface area contributed by atoms with Gasteiger partial charge < -0.3 is 5.32 Å². The van der Waals surface area contributed by atoms with Crippen LogP contribution < -0.4 is 5.32 Å². The van der Waals surface area contributed by atoms with Gasteiger partial charge in [0.2, 0.25) is 0 Å². The summed E-state index contributed by atoms with van der Waals surface area (Å²) >= 11 is 0. The van der Waals surface area contributed by atoms with Crippen molar-refractivity contribution >= 4 is 5.91 Å². The third kappa shape index (κ3) is 2.77. The highest BCUT2D eigenvalue weighted by molar-refractivity contribution is 5.94. The Morgan fingerprint density at radius 2 is 2.24 bits per heavy atom. The number of carbonyl (C=O) groups excluding carboxylic acids is 1. The zero-order valence-corrected chi connectivity index (χ0v) is 9.52. The number of rotatable bonds is 4. The van der Waals surface area contributed by atoms with E-state index in [1.165, 1.54) is 17.5 Å². The quantitative estimate of drug-likeness (QED) is 0.366. The van der Waals surface area contributed by atoms with Gasteiger partial charge in [-0.1, -0.05) is 11.2 Å². The topological polar surface area (TPSA) is 77.9 Å². The number of benzene rings is 1. The molecule has 0 saturated carbocycles. The second kappa shape index (κ2) is 5.37. The Balaban J connectivity index is 1.97. The van der Waals surface area contributed by atoms with Crippen molar-refractivity contribution in [3.8, 4) is 0 Å². The minimum Gasteiger partial charge on any atom is -0.352 e. The lowest BCUT2D eigenvalue weighted by molar-refractivity contribution is 0.0954. The molecule has 1 N–H and O–H groups in total. The Morgan fingerprint density at radius 3 is 3.06 bits per heavy atom. The molecule has 17 heavy (non-hydrogen) atoms. The molecule has 1 aliphatic carbocycles. The molecule has 2 rings (SSSR count). The van der Waals surface area contributed by atoms with Gasteiger partial charge >= 0.3 is 0 Å². The predicted octanol–water partition coefficient (Wildman–Crippen LogP) is 2.22. The number of amides is 1. The summed E-state index contributed by atoms with van der Waals surface area (Å²) in [5.41, 5.74) is 11.4. The molecule has 5 heteroatoms. The fourth-order valence-electron chi connectivity index (χ4n) is 2.08. The van der Waals surface area contributed by atoms with Gasteiger partial charge in [0.05, 0.1) is 0 Å². The van der Waals surface area contributed by atoms with E-state index in [9.17, 15) is 4.79 Å². The number of hydrogen-bond donors (Lipinski definition) is 1. The van der Waals surface area contributed by atoms with E-state index in [-0.39, 0.29) is 12.5 Å². The number of hydrogen-bond acceptors (Lipinski definition) is 2. The van der Waals surface area contributed by atoms with Crippen molar-refractivity contribution in [2.45, 2.75) is 19.3 Å². The van der Waals surface area contributed by atoms with E-state index in [0.29, 0.717) is 12.1 Å². The summed E-state index contributed by atoms with van der Waals surface area (Å²) in [5, 5.41) is 6.08. The molecule has 5 nitrogen and oxygen atoms in total. The molecule has 0 unspecified atom stereocenters. The molecule has 1 aromatic carbocycles. The van der Waals surface area contributed by atoms with Gasteiger partial charge in [-0.25, -0.2) is 0 Å². The van der Waals surface area contributed by atoms with Crippen LogP contribution in [0.5, 0.6) is 0 Å². The smallest absolute Gasteiger partial charge is 0.251 e. The zero-order chi connectivity index (χ0) is 12.1. The summed E-state index contributed by atoms with van der Waals surface area (Å²) in [4.78, 5) is 14.4. The fourth-order valence-corrected chi connectivity index (χ4v) is 2.08. The molecule has 1 aliphatic rings. The Bertz CT molecular complexity index is 477.